The van der Waals surface area contributed by atoms with Crippen LogP contribution in [0.5, 0.6) is 5.75 Å². The number of benzene rings is 1. The second-order valence-corrected chi connectivity index (χ2v) is 2.84. The van der Waals surface area contributed by atoms with Crippen molar-refractivity contribution in [3.05, 3.63) is 23.8 Å². The Balaban J connectivity index is 3.19. The van der Waals surface area contributed by atoms with Crippen LogP contribution in [0.15, 0.2) is 18.2 Å². The molecule has 0 radical (unpaired) electrons. The van der Waals surface area contributed by atoms with Crippen LogP contribution in [-0.4, -0.2) is 19.4 Å². The molecule has 1 rings (SSSR count). The maximum absolute atomic E-state index is 9.33. The molecule has 0 aliphatic rings. The van der Waals surface area contributed by atoms with Crippen LogP contribution < -0.4 is 9.80 Å². The van der Waals surface area contributed by atoms with Crippen molar-refractivity contribution in [3.8, 4) is 5.75 Å². The monoisotopic (exact) mass is 181 g/mol. The van der Waals surface area contributed by atoms with E-state index in [4.69, 9.17) is 4.74 Å². The Morgan fingerprint density at radius 3 is 2.62 bits per heavy atom. The molecular weight excluding hydrogens is 166 g/mol. The Morgan fingerprint density at radius 1 is 1.46 bits per heavy atom. The van der Waals surface area contributed by atoms with E-state index in [1.165, 1.54) is 0 Å². The first-order valence-corrected chi connectivity index (χ1v) is 4.29. The van der Waals surface area contributed by atoms with Crippen molar-refractivity contribution >= 4 is 5.69 Å². The summed E-state index contributed by atoms with van der Waals surface area (Å²) in [6.45, 7) is 2.03. The van der Waals surface area contributed by atoms with Crippen LogP contribution in [0.25, 0.3) is 0 Å². The summed E-state index contributed by atoms with van der Waals surface area (Å²) < 4.78 is 5.19. The lowest BCUT2D eigenvalue weighted by Gasteiger charge is -2.16. The van der Waals surface area contributed by atoms with Crippen LogP contribution in [0.4, 0.5) is 5.69 Å². The highest BCUT2D eigenvalue weighted by Gasteiger charge is 2.08. The predicted octanol–water partition coefficient (Wildman–Crippen LogP) is 2.08. The lowest BCUT2D eigenvalue weighted by molar-refractivity contribution is 0.278. The van der Waals surface area contributed by atoms with Gasteiger partial charge in [-0.05, 0) is 18.6 Å². The molecule has 0 aromatic heterocycles. The predicted molar refractivity (Wildman–Crippen MR) is 52.6 cm³/mol. The first-order chi connectivity index (χ1) is 6.20. The third-order valence-electron chi connectivity index (χ3n) is 2.03. The zero-order valence-electron chi connectivity index (χ0n) is 8.24. The summed E-state index contributed by atoms with van der Waals surface area (Å²) in [7, 11) is 3.24. The first-order valence-electron chi connectivity index (χ1n) is 4.29. The summed E-state index contributed by atoms with van der Waals surface area (Å²) >= 11 is 0. The van der Waals surface area contributed by atoms with Gasteiger partial charge in [-0.25, -0.2) is 0 Å². The van der Waals surface area contributed by atoms with Crippen molar-refractivity contribution in [2.24, 2.45) is 0 Å². The highest BCUT2D eigenvalue weighted by Crippen LogP contribution is 2.28. The van der Waals surface area contributed by atoms with E-state index >= 15 is 0 Å². The van der Waals surface area contributed by atoms with Gasteiger partial charge in [-0.3, -0.25) is 10.3 Å². The average molecular weight is 181 g/mol. The van der Waals surface area contributed by atoms with Crippen molar-refractivity contribution in [1.29, 1.82) is 0 Å². The normalized spacial score (nSPS) is 9.85. The lowest BCUT2D eigenvalue weighted by Crippen LogP contribution is -2.12. The quantitative estimate of drug-likeness (QED) is 0.725. The largest absolute Gasteiger partial charge is 0.496 e. The summed E-state index contributed by atoms with van der Waals surface area (Å²) in [5.74, 6) is 0.820. The number of hydrogen-bond donors (Lipinski definition) is 1. The molecule has 0 saturated carbocycles. The zero-order valence-corrected chi connectivity index (χ0v) is 8.24. The van der Waals surface area contributed by atoms with Crippen LogP contribution in [0.1, 0.15) is 12.5 Å². The van der Waals surface area contributed by atoms with E-state index in [2.05, 4.69) is 0 Å². The minimum absolute atomic E-state index is 0.793. The van der Waals surface area contributed by atoms with Crippen LogP contribution in [0.2, 0.25) is 0 Å². The van der Waals surface area contributed by atoms with Gasteiger partial charge in [0, 0.05) is 12.6 Å². The Hall–Kier alpha value is -1.22. The van der Waals surface area contributed by atoms with Gasteiger partial charge in [0.2, 0.25) is 0 Å². The van der Waals surface area contributed by atoms with Gasteiger partial charge in [-0.1, -0.05) is 13.0 Å². The molecule has 0 aliphatic carbocycles. The molecule has 72 valence electrons. The molecule has 0 spiro atoms. The van der Waals surface area contributed by atoms with Gasteiger partial charge in [-0.2, -0.15) is 0 Å². The molecule has 0 amide bonds. The fraction of sp³-hybridized carbons (Fsp3) is 0.400. The molecule has 0 saturated heterocycles. The number of rotatable bonds is 3. The number of hydroxylamine groups is 1. The van der Waals surface area contributed by atoms with Crippen molar-refractivity contribution in [1.82, 2.24) is 0 Å². The zero-order chi connectivity index (χ0) is 9.84. The third kappa shape index (κ3) is 1.92. The standard InChI is InChI=1S/C10H15NO2/c1-4-8-9(11(2)12)6-5-7-10(8)13-3/h5-7,12H,4H2,1-3H3. The molecule has 13 heavy (non-hydrogen) atoms. The van der Waals surface area contributed by atoms with Crippen LogP contribution in [-0.2, 0) is 6.42 Å². The molecule has 1 N–H and O–H groups in total. The molecule has 0 atom stereocenters. The van der Waals surface area contributed by atoms with E-state index in [-0.39, 0.29) is 0 Å². The average Bonchev–Trinajstić information content (AvgIpc) is 2.16. The van der Waals surface area contributed by atoms with Gasteiger partial charge < -0.3 is 4.74 Å². The van der Waals surface area contributed by atoms with Gasteiger partial charge in [0.25, 0.3) is 0 Å². The van der Waals surface area contributed by atoms with E-state index in [1.807, 2.05) is 25.1 Å². The van der Waals surface area contributed by atoms with E-state index < -0.39 is 0 Å². The molecular formula is C10H15NO2. The van der Waals surface area contributed by atoms with Gasteiger partial charge >= 0.3 is 0 Å². The summed E-state index contributed by atoms with van der Waals surface area (Å²) in [6.07, 6.45) is 0.838. The third-order valence-corrected chi connectivity index (χ3v) is 2.03. The van der Waals surface area contributed by atoms with Gasteiger partial charge in [-0.15, -0.1) is 0 Å². The molecule has 1 aromatic carbocycles. The molecule has 0 fully saturated rings. The fourth-order valence-electron chi connectivity index (χ4n) is 1.40. The first kappa shape index (κ1) is 9.86. The number of ether oxygens (including phenoxy) is 1. The Bertz CT molecular complexity index is 284. The molecule has 0 heterocycles. The summed E-state index contributed by atoms with van der Waals surface area (Å²) in [4.78, 5) is 0. The van der Waals surface area contributed by atoms with Gasteiger partial charge in [0.1, 0.15) is 5.75 Å². The topological polar surface area (TPSA) is 32.7 Å². The highest BCUT2D eigenvalue weighted by molar-refractivity contribution is 5.57. The Morgan fingerprint density at radius 2 is 2.15 bits per heavy atom. The smallest absolute Gasteiger partial charge is 0.124 e. The van der Waals surface area contributed by atoms with Crippen molar-refractivity contribution in [2.75, 3.05) is 19.2 Å². The minimum Gasteiger partial charge on any atom is -0.496 e. The maximum Gasteiger partial charge on any atom is 0.124 e. The highest BCUT2D eigenvalue weighted by atomic mass is 16.5. The van der Waals surface area contributed by atoms with E-state index in [0.29, 0.717) is 0 Å². The summed E-state index contributed by atoms with van der Waals surface area (Å²) in [5.41, 5.74) is 1.82. The molecule has 0 bridgehead atoms. The Labute approximate surface area is 78.5 Å². The number of hydrogen-bond acceptors (Lipinski definition) is 3. The summed E-state index contributed by atoms with van der Waals surface area (Å²) in [5, 5.41) is 10.4. The van der Waals surface area contributed by atoms with Gasteiger partial charge in [0.05, 0.1) is 12.8 Å². The van der Waals surface area contributed by atoms with Crippen LogP contribution in [0.3, 0.4) is 0 Å². The second-order valence-electron chi connectivity index (χ2n) is 2.84. The van der Waals surface area contributed by atoms with Crippen molar-refractivity contribution < 1.29 is 9.94 Å². The second kappa shape index (κ2) is 4.14. The minimum atomic E-state index is 0.793. The molecule has 3 heteroatoms. The number of anilines is 1. The van der Waals surface area contributed by atoms with Crippen molar-refractivity contribution in [3.63, 3.8) is 0 Å². The lowest BCUT2D eigenvalue weighted by atomic mass is 10.1. The number of nitrogens with zero attached hydrogens (tertiary/aromatic N) is 1. The van der Waals surface area contributed by atoms with Crippen LogP contribution in [0, 0.1) is 0 Å². The molecule has 3 nitrogen and oxygen atoms in total. The fourth-order valence-corrected chi connectivity index (χ4v) is 1.40. The van der Waals surface area contributed by atoms with E-state index in [9.17, 15) is 5.21 Å². The maximum atomic E-state index is 9.33. The molecule has 1 aromatic rings. The van der Waals surface area contributed by atoms with Gasteiger partial charge in [0.15, 0.2) is 0 Å². The SMILES string of the molecule is CCc1c(OC)cccc1N(C)O. The number of methoxy groups -OCH3 is 1. The van der Waals surface area contributed by atoms with E-state index in [1.54, 1.807) is 14.2 Å². The summed E-state index contributed by atoms with van der Waals surface area (Å²) in [6, 6.07) is 5.62. The van der Waals surface area contributed by atoms with Crippen LogP contribution >= 0.6 is 0 Å². The van der Waals surface area contributed by atoms with Crippen molar-refractivity contribution in [2.45, 2.75) is 13.3 Å². The van der Waals surface area contributed by atoms with E-state index in [0.717, 1.165) is 28.5 Å². The Kier molecular flexibility index (Phi) is 3.14. The molecule has 0 aliphatic heterocycles. The molecule has 0 unspecified atom stereocenters.